The molecule has 2 rings (SSSR count). The van der Waals surface area contributed by atoms with E-state index in [-0.39, 0.29) is 0 Å². The monoisotopic (exact) mass is 210 g/mol. The van der Waals surface area contributed by atoms with Crippen LogP contribution >= 0.6 is 24.2 Å². The van der Waals surface area contributed by atoms with Gasteiger partial charge in [0.1, 0.15) is 0 Å². The topological polar surface area (TPSA) is 28.7 Å². The van der Waals surface area contributed by atoms with Gasteiger partial charge in [0.15, 0.2) is 5.16 Å². The van der Waals surface area contributed by atoms with Crippen LogP contribution < -0.4 is 0 Å². The molecule has 0 bridgehead atoms. The lowest BCUT2D eigenvalue weighted by Crippen LogP contribution is -1.75. The normalized spacial score (nSPS) is 10.3. The number of hydrogen-bond acceptors (Lipinski definition) is 2. The van der Waals surface area contributed by atoms with E-state index >= 15 is 0 Å². The fourth-order valence-corrected chi connectivity index (χ4v) is 1.39. The summed E-state index contributed by atoms with van der Waals surface area (Å²) in [7, 11) is 0. The van der Waals surface area contributed by atoms with Crippen LogP contribution in [-0.4, -0.2) is 9.97 Å². The summed E-state index contributed by atoms with van der Waals surface area (Å²) in [5, 5.41) is 1.35. The maximum Gasteiger partial charge on any atom is 0.162 e. The van der Waals surface area contributed by atoms with Crippen LogP contribution in [0.25, 0.3) is 11.3 Å². The smallest absolute Gasteiger partial charge is 0.162 e. The molecule has 2 aromatic rings. The third-order valence-corrected chi connectivity index (χ3v) is 2.20. The van der Waals surface area contributed by atoms with Crippen molar-refractivity contribution in [1.82, 2.24) is 9.97 Å². The summed E-state index contributed by atoms with van der Waals surface area (Å²) < 4.78 is 0. The predicted molar refractivity (Wildman–Crippen MR) is 56.3 cm³/mol. The molecular weight excluding hydrogens is 204 g/mol. The van der Waals surface area contributed by atoms with E-state index in [1.165, 1.54) is 0 Å². The van der Waals surface area contributed by atoms with Crippen LogP contribution in [0.3, 0.4) is 0 Å². The molecule has 1 heterocycles. The lowest BCUT2D eigenvalue weighted by Gasteiger charge is -1.96. The highest BCUT2D eigenvalue weighted by molar-refractivity contribution is 7.80. The molecule has 13 heavy (non-hydrogen) atoms. The van der Waals surface area contributed by atoms with E-state index in [1.807, 2.05) is 24.3 Å². The molecule has 0 aliphatic heterocycles. The molecule has 0 aliphatic rings. The molecule has 0 atom stereocenters. The van der Waals surface area contributed by atoms with Crippen LogP contribution in [0.15, 0.2) is 35.6 Å². The highest BCUT2D eigenvalue weighted by Crippen LogP contribution is 2.20. The zero-order chi connectivity index (χ0) is 9.26. The zero-order valence-corrected chi connectivity index (χ0v) is 8.31. The first-order valence-corrected chi connectivity index (χ1v) is 4.58. The van der Waals surface area contributed by atoms with Crippen LogP contribution in [0, 0.1) is 0 Å². The maximum absolute atomic E-state index is 5.76. The lowest BCUT2D eigenvalue weighted by atomic mass is 10.2. The number of H-pyrrole nitrogens is 1. The summed E-state index contributed by atoms with van der Waals surface area (Å²) >= 11 is 9.85. The Morgan fingerprint density at radius 1 is 1.23 bits per heavy atom. The Hall–Kier alpha value is -0.930. The molecular formula is C9H7ClN2S. The summed E-state index contributed by atoms with van der Waals surface area (Å²) in [6, 6.07) is 7.55. The van der Waals surface area contributed by atoms with Crippen LogP contribution in [0.5, 0.6) is 0 Å². The van der Waals surface area contributed by atoms with Gasteiger partial charge in [-0.3, -0.25) is 0 Å². The highest BCUT2D eigenvalue weighted by Gasteiger charge is 1.99. The number of halogens is 1. The molecule has 0 spiro atoms. The standard InChI is InChI=1S/C9H7ClN2S/c10-7-3-1-6(2-4-7)8-5-11-9(13)12-8/h1-5H,(H2,11,12,13). The van der Waals surface area contributed by atoms with Gasteiger partial charge in [0.05, 0.1) is 11.9 Å². The van der Waals surface area contributed by atoms with E-state index in [0.717, 1.165) is 16.3 Å². The van der Waals surface area contributed by atoms with E-state index in [1.54, 1.807) is 6.20 Å². The molecule has 1 N–H and O–H groups in total. The second-order valence-electron chi connectivity index (χ2n) is 2.63. The minimum Gasteiger partial charge on any atom is -0.333 e. The molecule has 0 aliphatic carbocycles. The van der Waals surface area contributed by atoms with Crippen molar-refractivity contribution in [3.8, 4) is 11.3 Å². The Bertz CT molecular complexity index is 408. The second-order valence-corrected chi connectivity index (χ2v) is 3.49. The Kier molecular flexibility index (Phi) is 2.29. The number of aromatic amines is 1. The second kappa shape index (κ2) is 3.44. The molecule has 0 unspecified atom stereocenters. The number of benzene rings is 1. The molecule has 0 saturated carbocycles. The predicted octanol–water partition coefficient (Wildman–Crippen LogP) is 3.02. The highest BCUT2D eigenvalue weighted by atomic mass is 35.5. The van der Waals surface area contributed by atoms with Gasteiger partial charge in [0.25, 0.3) is 0 Å². The summed E-state index contributed by atoms with van der Waals surface area (Å²) in [6.45, 7) is 0. The maximum atomic E-state index is 5.76. The quantitative estimate of drug-likeness (QED) is 0.696. The van der Waals surface area contributed by atoms with Crippen LogP contribution in [0.4, 0.5) is 0 Å². The fraction of sp³-hybridized carbons (Fsp3) is 0. The van der Waals surface area contributed by atoms with Gasteiger partial charge < -0.3 is 4.98 Å². The van der Waals surface area contributed by atoms with Crippen molar-refractivity contribution in [2.45, 2.75) is 5.16 Å². The molecule has 1 aromatic carbocycles. The number of nitrogens with one attached hydrogen (secondary N) is 1. The Morgan fingerprint density at radius 3 is 2.46 bits per heavy atom. The van der Waals surface area contributed by atoms with E-state index < -0.39 is 0 Å². The van der Waals surface area contributed by atoms with E-state index in [2.05, 4.69) is 22.6 Å². The Balaban J connectivity index is 2.41. The van der Waals surface area contributed by atoms with Gasteiger partial charge in [-0.2, -0.15) is 0 Å². The SMILES string of the molecule is Sc1ncc(-c2ccc(Cl)cc2)[nH]1. The molecule has 0 amide bonds. The van der Waals surface area contributed by atoms with Crippen molar-refractivity contribution in [3.63, 3.8) is 0 Å². The largest absolute Gasteiger partial charge is 0.333 e. The van der Waals surface area contributed by atoms with Gasteiger partial charge in [0, 0.05) is 5.02 Å². The zero-order valence-electron chi connectivity index (χ0n) is 6.66. The first kappa shape index (κ1) is 8.66. The van der Waals surface area contributed by atoms with E-state index in [9.17, 15) is 0 Å². The summed E-state index contributed by atoms with van der Waals surface area (Å²) in [6.07, 6.45) is 1.74. The third kappa shape index (κ3) is 1.87. The van der Waals surface area contributed by atoms with E-state index in [0.29, 0.717) is 5.16 Å². The fourth-order valence-electron chi connectivity index (χ4n) is 1.09. The Labute approximate surface area is 86.4 Å². The molecule has 66 valence electrons. The number of thiol groups is 1. The van der Waals surface area contributed by atoms with Gasteiger partial charge in [-0.1, -0.05) is 23.7 Å². The summed E-state index contributed by atoms with van der Waals surface area (Å²) in [5.41, 5.74) is 2.00. The minimum absolute atomic E-state index is 0.616. The van der Waals surface area contributed by atoms with Crippen molar-refractivity contribution in [1.29, 1.82) is 0 Å². The molecule has 1 aromatic heterocycles. The molecule has 0 radical (unpaired) electrons. The third-order valence-electron chi connectivity index (χ3n) is 1.72. The number of hydrogen-bond donors (Lipinski definition) is 2. The average Bonchev–Trinajstić information content (AvgIpc) is 2.53. The van der Waals surface area contributed by atoms with Crippen LogP contribution in [0.1, 0.15) is 0 Å². The Morgan fingerprint density at radius 2 is 1.92 bits per heavy atom. The van der Waals surface area contributed by atoms with Gasteiger partial charge in [-0.05, 0) is 17.7 Å². The van der Waals surface area contributed by atoms with Crippen molar-refractivity contribution in [2.75, 3.05) is 0 Å². The van der Waals surface area contributed by atoms with Crippen LogP contribution in [0.2, 0.25) is 5.02 Å². The van der Waals surface area contributed by atoms with E-state index in [4.69, 9.17) is 11.6 Å². The van der Waals surface area contributed by atoms with Crippen molar-refractivity contribution < 1.29 is 0 Å². The van der Waals surface area contributed by atoms with Gasteiger partial charge in [0.2, 0.25) is 0 Å². The molecule has 4 heteroatoms. The van der Waals surface area contributed by atoms with Crippen LogP contribution in [-0.2, 0) is 0 Å². The average molecular weight is 211 g/mol. The number of imidazole rings is 1. The number of aromatic nitrogens is 2. The van der Waals surface area contributed by atoms with Gasteiger partial charge >= 0.3 is 0 Å². The molecule has 0 fully saturated rings. The molecule has 2 nitrogen and oxygen atoms in total. The lowest BCUT2D eigenvalue weighted by molar-refractivity contribution is 1.07. The number of nitrogens with zero attached hydrogens (tertiary/aromatic N) is 1. The first-order valence-electron chi connectivity index (χ1n) is 3.75. The summed E-state index contributed by atoms with van der Waals surface area (Å²) in [5.74, 6) is 0. The summed E-state index contributed by atoms with van der Waals surface area (Å²) in [4.78, 5) is 7.01. The first-order chi connectivity index (χ1) is 6.25. The van der Waals surface area contributed by atoms with Gasteiger partial charge in [-0.25, -0.2) is 4.98 Å². The van der Waals surface area contributed by atoms with Crippen molar-refractivity contribution >= 4 is 24.2 Å². The number of rotatable bonds is 1. The van der Waals surface area contributed by atoms with Crippen molar-refractivity contribution in [3.05, 3.63) is 35.5 Å². The minimum atomic E-state index is 0.616. The van der Waals surface area contributed by atoms with Gasteiger partial charge in [-0.15, -0.1) is 12.6 Å². The van der Waals surface area contributed by atoms with Crippen molar-refractivity contribution in [2.24, 2.45) is 0 Å². The molecule has 0 saturated heterocycles.